The number of ether oxygens (including phenoxy) is 1. The molecule has 1 heterocycles. The van der Waals surface area contributed by atoms with E-state index in [9.17, 15) is 4.79 Å². The second kappa shape index (κ2) is 7.29. The molecule has 1 aliphatic heterocycles. The number of amides is 1. The molecule has 0 spiro atoms. The highest BCUT2D eigenvalue weighted by molar-refractivity contribution is 5.76. The highest BCUT2D eigenvalue weighted by Gasteiger charge is 2.24. The third-order valence-electron chi connectivity index (χ3n) is 3.78. The van der Waals surface area contributed by atoms with Crippen LogP contribution in [0.5, 0.6) is 5.75 Å². The summed E-state index contributed by atoms with van der Waals surface area (Å²) < 4.78 is 5.68. The Labute approximate surface area is 120 Å². The molecular formula is C16H23NO3. The molecule has 20 heavy (non-hydrogen) atoms. The molecule has 1 aliphatic rings. The average molecular weight is 277 g/mol. The van der Waals surface area contributed by atoms with E-state index >= 15 is 0 Å². The number of nitrogens with zero attached hydrogens (tertiary/aromatic N) is 1. The van der Waals surface area contributed by atoms with Crippen LogP contribution in [0.25, 0.3) is 0 Å². The molecule has 4 heteroatoms. The van der Waals surface area contributed by atoms with Crippen LogP contribution in [0, 0.1) is 12.8 Å². The molecule has 1 unspecified atom stereocenters. The Morgan fingerprint density at radius 1 is 1.45 bits per heavy atom. The van der Waals surface area contributed by atoms with Crippen molar-refractivity contribution in [3.8, 4) is 5.75 Å². The van der Waals surface area contributed by atoms with Crippen LogP contribution >= 0.6 is 0 Å². The lowest BCUT2D eigenvalue weighted by molar-refractivity contribution is -0.130. The second-order valence-electron chi connectivity index (χ2n) is 5.39. The molecule has 1 saturated heterocycles. The van der Waals surface area contributed by atoms with Crippen LogP contribution in [0.4, 0.5) is 0 Å². The third-order valence-corrected chi connectivity index (χ3v) is 3.78. The summed E-state index contributed by atoms with van der Waals surface area (Å²) >= 11 is 0. The van der Waals surface area contributed by atoms with E-state index in [-0.39, 0.29) is 18.4 Å². The average Bonchev–Trinajstić information content (AvgIpc) is 2.94. The van der Waals surface area contributed by atoms with Crippen molar-refractivity contribution >= 4 is 5.91 Å². The van der Waals surface area contributed by atoms with E-state index in [0.717, 1.165) is 30.7 Å². The fraction of sp³-hybridized carbons (Fsp3) is 0.562. The molecule has 1 aromatic carbocycles. The number of aliphatic hydroxyl groups is 1. The largest absolute Gasteiger partial charge is 0.493 e. The maximum atomic E-state index is 12.0. The van der Waals surface area contributed by atoms with Crippen molar-refractivity contribution in [3.63, 3.8) is 0 Å². The molecule has 4 nitrogen and oxygen atoms in total. The molecule has 1 amide bonds. The van der Waals surface area contributed by atoms with Gasteiger partial charge in [-0.2, -0.15) is 0 Å². The van der Waals surface area contributed by atoms with Crippen molar-refractivity contribution in [1.29, 1.82) is 0 Å². The highest BCUT2D eigenvalue weighted by atomic mass is 16.5. The summed E-state index contributed by atoms with van der Waals surface area (Å²) in [5.41, 5.74) is 1.11. The number of aryl methyl sites for hydroxylation is 1. The number of rotatable bonds is 6. The number of hydrogen-bond donors (Lipinski definition) is 1. The van der Waals surface area contributed by atoms with Crippen LogP contribution in [-0.4, -0.2) is 42.2 Å². The maximum absolute atomic E-state index is 12.0. The van der Waals surface area contributed by atoms with Gasteiger partial charge in [0.05, 0.1) is 6.61 Å². The van der Waals surface area contributed by atoms with E-state index in [1.165, 1.54) is 0 Å². The molecule has 110 valence electrons. The van der Waals surface area contributed by atoms with Crippen LogP contribution in [0.15, 0.2) is 24.3 Å². The first kappa shape index (κ1) is 14.9. The number of likely N-dealkylation sites (tertiary alicyclic amines) is 1. The first-order valence-electron chi connectivity index (χ1n) is 7.27. The van der Waals surface area contributed by atoms with Crippen molar-refractivity contribution < 1.29 is 14.6 Å². The topological polar surface area (TPSA) is 49.8 Å². The molecule has 1 fully saturated rings. The zero-order valence-corrected chi connectivity index (χ0v) is 12.0. The normalized spacial score (nSPS) is 18.3. The van der Waals surface area contributed by atoms with Gasteiger partial charge in [-0.3, -0.25) is 4.79 Å². The lowest BCUT2D eigenvalue weighted by atomic mass is 10.1. The predicted octanol–water partition coefficient (Wildman–Crippen LogP) is 1.99. The Morgan fingerprint density at radius 3 is 2.95 bits per heavy atom. The van der Waals surface area contributed by atoms with Gasteiger partial charge in [0.2, 0.25) is 5.91 Å². The van der Waals surface area contributed by atoms with Gasteiger partial charge in [0.1, 0.15) is 5.75 Å². The Morgan fingerprint density at radius 2 is 2.25 bits per heavy atom. The smallest absolute Gasteiger partial charge is 0.222 e. The zero-order chi connectivity index (χ0) is 14.4. The summed E-state index contributed by atoms with van der Waals surface area (Å²) in [5, 5.41) is 9.07. The van der Waals surface area contributed by atoms with Gasteiger partial charge in [-0.1, -0.05) is 18.2 Å². The van der Waals surface area contributed by atoms with Gasteiger partial charge >= 0.3 is 0 Å². The Bertz CT molecular complexity index is 447. The van der Waals surface area contributed by atoms with Gasteiger partial charge in [-0.25, -0.2) is 0 Å². The molecule has 1 aromatic rings. The van der Waals surface area contributed by atoms with Crippen LogP contribution in [0.1, 0.15) is 24.8 Å². The molecular weight excluding hydrogens is 254 g/mol. The van der Waals surface area contributed by atoms with Crippen LogP contribution in [0.3, 0.4) is 0 Å². The third kappa shape index (κ3) is 3.97. The van der Waals surface area contributed by atoms with Gasteiger partial charge in [0.15, 0.2) is 0 Å². The lowest BCUT2D eigenvalue weighted by Gasteiger charge is -2.16. The summed E-state index contributed by atoms with van der Waals surface area (Å²) in [5.74, 6) is 1.33. The van der Waals surface area contributed by atoms with Crippen LogP contribution in [0.2, 0.25) is 0 Å². The minimum atomic E-state index is 0.175. The minimum absolute atomic E-state index is 0.175. The monoisotopic (exact) mass is 277 g/mol. The first-order valence-corrected chi connectivity index (χ1v) is 7.27. The van der Waals surface area contributed by atoms with Crippen molar-refractivity contribution in [2.75, 3.05) is 26.3 Å². The van der Waals surface area contributed by atoms with Gasteiger partial charge in [0, 0.05) is 32.0 Å². The van der Waals surface area contributed by atoms with Crippen LogP contribution in [-0.2, 0) is 4.79 Å². The summed E-state index contributed by atoms with van der Waals surface area (Å²) in [6, 6.07) is 7.90. The molecule has 0 aliphatic carbocycles. The quantitative estimate of drug-likeness (QED) is 0.809. The lowest BCUT2D eigenvalue weighted by Crippen LogP contribution is -2.29. The van der Waals surface area contributed by atoms with E-state index in [1.807, 2.05) is 36.1 Å². The van der Waals surface area contributed by atoms with Gasteiger partial charge in [-0.15, -0.1) is 0 Å². The Hall–Kier alpha value is -1.55. The van der Waals surface area contributed by atoms with Crippen molar-refractivity contribution in [2.24, 2.45) is 5.92 Å². The Kier molecular flexibility index (Phi) is 5.41. The van der Waals surface area contributed by atoms with Gasteiger partial charge < -0.3 is 14.7 Å². The Balaban J connectivity index is 1.66. The fourth-order valence-electron chi connectivity index (χ4n) is 2.49. The van der Waals surface area contributed by atoms with Gasteiger partial charge in [-0.05, 0) is 31.4 Å². The number of carbonyl (C=O) groups excluding carboxylic acids is 1. The molecule has 0 saturated carbocycles. The maximum Gasteiger partial charge on any atom is 0.222 e. The summed E-state index contributed by atoms with van der Waals surface area (Å²) in [7, 11) is 0. The first-order chi connectivity index (χ1) is 9.70. The minimum Gasteiger partial charge on any atom is -0.493 e. The molecule has 0 radical (unpaired) electrons. The van der Waals surface area contributed by atoms with E-state index in [2.05, 4.69) is 0 Å². The molecule has 1 N–H and O–H groups in total. The summed E-state index contributed by atoms with van der Waals surface area (Å²) in [6.07, 6.45) is 2.17. The fourth-order valence-corrected chi connectivity index (χ4v) is 2.49. The molecule has 0 bridgehead atoms. The number of para-hydroxylation sites is 1. The van der Waals surface area contributed by atoms with Gasteiger partial charge in [0.25, 0.3) is 0 Å². The number of carbonyl (C=O) groups is 1. The van der Waals surface area contributed by atoms with Crippen LogP contribution < -0.4 is 4.74 Å². The van der Waals surface area contributed by atoms with E-state index in [4.69, 9.17) is 9.84 Å². The highest BCUT2D eigenvalue weighted by Crippen LogP contribution is 2.18. The zero-order valence-electron chi connectivity index (χ0n) is 12.0. The summed E-state index contributed by atoms with van der Waals surface area (Å²) in [6.45, 7) is 4.24. The molecule has 1 atom stereocenters. The van der Waals surface area contributed by atoms with E-state index < -0.39 is 0 Å². The second-order valence-corrected chi connectivity index (χ2v) is 5.39. The number of benzene rings is 1. The van der Waals surface area contributed by atoms with E-state index in [0.29, 0.717) is 19.6 Å². The number of hydrogen-bond acceptors (Lipinski definition) is 3. The van der Waals surface area contributed by atoms with Crippen molar-refractivity contribution in [2.45, 2.75) is 26.2 Å². The molecule has 2 rings (SSSR count). The van der Waals surface area contributed by atoms with E-state index in [1.54, 1.807) is 0 Å². The number of aliphatic hydroxyl groups excluding tert-OH is 1. The summed E-state index contributed by atoms with van der Waals surface area (Å²) in [4.78, 5) is 13.8. The standard InChI is InChI=1S/C16H23NO3/c1-13-5-2-3-6-15(13)20-10-4-7-16(19)17-9-8-14(11-17)12-18/h2-3,5-6,14,18H,4,7-12H2,1H3. The predicted molar refractivity (Wildman–Crippen MR) is 77.7 cm³/mol. The van der Waals surface area contributed by atoms with Crippen molar-refractivity contribution in [3.05, 3.63) is 29.8 Å². The van der Waals surface area contributed by atoms with Crippen molar-refractivity contribution in [1.82, 2.24) is 4.90 Å². The SMILES string of the molecule is Cc1ccccc1OCCCC(=O)N1CCC(CO)C1. The molecule has 0 aromatic heterocycles.